The quantitative estimate of drug-likeness (QED) is 0.684. The largest absolute Gasteiger partial charge is 0.192 e. The molecule has 0 saturated heterocycles. The average molecular weight is 213 g/mol. The smallest absolute Gasteiger partial charge is 0.0994 e. The molecular weight excluding hydrogens is 194 g/mol. The van der Waals surface area contributed by atoms with Crippen LogP contribution in [-0.4, -0.2) is 0 Å². The van der Waals surface area contributed by atoms with Gasteiger partial charge in [0.05, 0.1) is 11.6 Å². The number of hydrogen-bond donors (Lipinski definition) is 0. The van der Waals surface area contributed by atoms with E-state index in [0.717, 1.165) is 5.56 Å². The van der Waals surface area contributed by atoms with Crippen LogP contribution < -0.4 is 0 Å². The minimum absolute atomic E-state index is 0.436. The van der Waals surface area contributed by atoms with E-state index in [4.69, 9.17) is 5.26 Å². The second kappa shape index (κ2) is 4.29. The van der Waals surface area contributed by atoms with Crippen LogP contribution in [0.4, 0.5) is 0 Å². The molecule has 16 heavy (non-hydrogen) atoms. The molecule has 1 heteroatoms. The maximum absolute atomic E-state index is 9.13. The Kier molecular flexibility index (Phi) is 3.01. The lowest BCUT2D eigenvalue weighted by atomic mass is 9.69. The van der Waals surface area contributed by atoms with E-state index in [1.165, 1.54) is 31.2 Å². The second-order valence-corrected chi connectivity index (χ2v) is 5.66. The molecule has 0 aliphatic heterocycles. The van der Waals surface area contributed by atoms with Gasteiger partial charge in [-0.2, -0.15) is 5.26 Å². The van der Waals surface area contributed by atoms with E-state index in [1.807, 2.05) is 12.1 Å². The highest BCUT2D eigenvalue weighted by atomic mass is 14.3. The van der Waals surface area contributed by atoms with Crippen molar-refractivity contribution >= 4 is 0 Å². The molecule has 1 aromatic rings. The summed E-state index contributed by atoms with van der Waals surface area (Å²) in [4.78, 5) is 0. The zero-order valence-electron chi connectivity index (χ0n) is 10.2. The normalized spacial score (nSPS) is 23.7. The fourth-order valence-corrected chi connectivity index (χ4v) is 2.92. The van der Waals surface area contributed by atoms with E-state index in [0.29, 0.717) is 11.3 Å². The van der Waals surface area contributed by atoms with Crippen LogP contribution in [0, 0.1) is 16.7 Å². The third-order valence-electron chi connectivity index (χ3n) is 3.73. The molecule has 1 fully saturated rings. The molecule has 1 atom stereocenters. The first-order chi connectivity index (χ1) is 7.62. The minimum Gasteiger partial charge on any atom is -0.192 e. The summed E-state index contributed by atoms with van der Waals surface area (Å²) in [6.07, 6.45) is 5.06. The summed E-state index contributed by atoms with van der Waals surface area (Å²) in [5, 5.41) is 9.13. The van der Waals surface area contributed by atoms with Crippen LogP contribution >= 0.6 is 0 Å². The first-order valence-electron chi connectivity index (χ1n) is 6.11. The first-order valence-corrected chi connectivity index (χ1v) is 6.11. The topological polar surface area (TPSA) is 23.8 Å². The lowest BCUT2D eigenvalue weighted by molar-refractivity contribution is 0.219. The van der Waals surface area contributed by atoms with Crippen LogP contribution in [0.3, 0.4) is 0 Å². The van der Waals surface area contributed by atoms with Crippen LogP contribution in [0.2, 0.25) is 0 Å². The van der Waals surface area contributed by atoms with E-state index < -0.39 is 0 Å². The molecule has 0 bridgehead atoms. The van der Waals surface area contributed by atoms with E-state index in [2.05, 4.69) is 32.0 Å². The number of benzene rings is 1. The molecule has 1 unspecified atom stereocenters. The lowest BCUT2D eigenvalue weighted by Crippen LogP contribution is -2.21. The summed E-state index contributed by atoms with van der Waals surface area (Å²) in [5.74, 6) is 0.583. The standard InChI is InChI=1S/C15H19N/c1-15(2)9-5-7-12(10-15)14-8-4-3-6-13(14)11-16/h3-4,6,8,12H,5,7,9-10H2,1-2H3. The minimum atomic E-state index is 0.436. The van der Waals surface area contributed by atoms with Gasteiger partial charge < -0.3 is 0 Å². The number of nitrogens with zero attached hydrogens (tertiary/aromatic N) is 1. The van der Waals surface area contributed by atoms with Crippen molar-refractivity contribution in [2.75, 3.05) is 0 Å². The van der Waals surface area contributed by atoms with Crippen molar-refractivity contribution in [2.45, 2.75) is 45.4 Å². The summed E-state index contributed by atoms with van der Waals surface area (Å²) in [7, 11) is 0. The van der Waals surface area contributed by atoms with Crippen molar-refractivity contribution in [2.24, 2.45) is 5.41 Å². The Hall–Kier alpha value is -1.29. The Morgan fingerprint density at radius 2 is 2.06 bits per heavy atom. The highest BCUT2D eigenvalue weighted by molar-refractivity contribution is 5.39. The van der Waals surface area contributed by atoms with Crippen LogP contribution in [0.5, 0.6) is 0 Å². The van der Waals surface area contributed by atoms with Crippen molar-refractivity contribution in [1.82, 2.24) is 0 Å². The van der Waals surface area contributed by atoms with Crippen molar-refractivity contribution < 1.29 is 0 Å². The number of rotatable bonds is 1. The van der Waals surface area contributed by atoms with Gasteiger partial charge in [-0.15, -0.1) is 0 Å². The predicted molar refractivity (Wildman–Crippen MR) is 66.1 cm³/mol. The van der Waals surface area contributed by atoms with Gasteiger partial charge in [-0.25, -0.2) is 0 Å². The monoisotopic (exact) mass is 213 g/mol. The van der Waals surface area contributed by atoms with Crippen molar-refractivity contribution in [3.05, 3.63) is 35.4 Å². The molecule has 1 saturated carbocycles. The fourth-order valence-electron chi connectivity index (χ4n) is 2.92. The third kappa shape index (κ3) is 2.27. The molecule has 2 rings (SSSR count). The molecule has 84 valence electrons. The van der Waals surface area contributed by atoms with E-state index in [1.54, 1.807) is 0 Å². The summed E-state index contributed by atoms with van der Waals surface area (Å²) in [5.41, 5.74) is 2.56. The van der Waals surface area contributed by atoms with Gasteiger partial charge in [0.15, 0.2) is 0 Å². The van der Waals surface area contributed by atoms with Gasteiger partial charge in [0.25, 0.3) is 0 Å². The SMILES string of the molecule is CC1(C)CCCC(c2ccccc2C#N)C1. The Labute approximate surface area is 98.1 Å². The maximum Gasteiger partial charge on any atom is 0.0994 e. The highest BCUT2D eigenvalue weighted by Gasteiger charge is 2.29. The van der Waals surface area contributed by atoms with Crippen LogP contribution in [0.1, 0.15) is 56.6 Å². The third-order valence-corrected chi connectivity index (χ3v) is 3.73. The first kappa shape index (κ1) is 11.2. The van der Waals surface area contributed by atoms with Crippen LogP contribution in [0.25, 0.3) is 0 Å². The molecule has 1 aliphatic rings. The molecule has 1 aliphatic carbocycles. The Bertz CT molecular complexity index is 412. The van der Waals surface area contributed by atoms with Gasteiger partial charge >= 0.3 is 0 Å². The summed E-state index contributed by atoms with van der Waals surface area (Å²) >= 11 is 0. The van der Waals surface area contributed by atoms with Crippen molar-refractivity contribution in [3.63, 3.8) is 0 Å². The lowest BCUT2D eigenvalue weighted by Gasteiger charge is -2.35. The van der Waals surface area contributed by atoms with Gasteiger partial charge in [0.1, 0.15) is 0 Å². The predicted octanol–water partition coefficient (Wildman–Crippen LogP) is 4.24. The summed E-state index contributed by atoms with van der Waals surface area (Å²) in [6, 6.07) is 10.4. The Morgan fingerprint density at radius 3 is 2.75 bits per heavy atom. The molecule has 0 N–H and O–H groups in total. The molecule has 0 spiro atoms. The van der Waals surface area contributed by atoms with Gasteiger partial charge in [-0.3, -0.25) is 0 Å². The van der Waals surface area contributed by atoms with E-state index in [-0.39, 0.29) is 0 Å². The van der Waals surface area contributed by atoms with E-state index >= 15 is 0 Å². The second-order valence-electron chi connectivity index (χ2n) is 5.66. The highest BCUT2D eigenvalue weighted by Crippen LogP contribution is 2.43. The summed E-state index contributed by atoms with van der Waals surface area (Å²) in [6.45, 7) is 4.68. The Morgan fingerprint density at radius 1 is 1.31 bits per heavy atom. The van der Waals surface area contributed by atoms with E-state index in [9.17, 15) is 0 Å². The molecule has 0 aromatic heterocycles. The van der Waals surface area contributed by atoms with Gasteiger partial charge in [-0.05, 0) is 42.2 Å². The molecule has 0 heterocycles. The van der Waals surface area contributed by atoms with Gasteiger partial charge in [0, 0.05) is 0 Å². The molecular formula is C15H19N. The van der Waals surface area contributed by atoms with Gasteiger partial charge in [-0.1, -0.05) is 38.5 Å². The average Bonchev–Trinajstić information content (AvgIpc) is 2.27. The summed E-state index contributed by atoms with van der Waals surface area (Å²) < 4.78 is 0. The fraction of sp³-hybridized carbons (Fsp3) is 0.533. The molecule has 1 nitrogen and oxygen atoms in total. The molecule has 1 aromatic carbocycles. The Balaban J connectivity index is 2.27. The zero-order valence-corrected chi connectivity index (χ0v) is 10.2. The molecule has 0 amide bonds. The van der Waals surface area contributed by atoms with Crippen molar-refractivity contribution in [1.29, 1.82) is 5.26 Å². The van der Waals surface area contributed by atoms with Crippen molar-refractivity contribution in [3.8, 4) is 6.07 Å². The van der Waals surface area contributed by atoms with Crippen LogP contribution in [0.15, 0.2) is 24.3 Å². The maximum atomic E-state index is 9.13. The molecule has 0 radical (unpaired) electrons. The number of nitriles is 1. The zero-order chi connectivity index (χ0) is 11.6. The van der Waals surface area contributed by atoms with Gasteiger partial charge in [0.2, 0.25) is 0 Å². The number of hydrogen-bond acceptors (Lipinski definition) is 1. The van der Waals surface area contributed by atoms with Crippen LogP contribution in [-0.2, 0) is 0 Å².